The number of piperidine rings is 1. The summed E-state index contributed by atoms with van der Waals surface area (Å²) in [5.74, 6) is 0.105. The molecule has 1 saturated carbocycles. The monoisotopic (exact) mass is 296 g/mol. The molecule has 3 rings (SSSR count). The van der Waals surface area contributed by atoms with Crippen LogP contribution in [0.3, 0.4) is 0 Å². The lowest BCUT2D eigenvalue weighted by molar-refractivity contribution is -0.138. The Kier molecular flexibility index (Phi) is 4.33. The fourth-order valence-electron chi connectivity index (χ4n) is 3.49. The third kappa shape index (κ3) is 3.67. The molecule has 0 aromatic heterocycles. The summed E-state index contributed by atoms with van der Waals surface area (Å²) in [5, 5.41) is 11.9. The van der Waals surface area contributed by atoms with Crippen molar-refractivity contribution in [3.05, 3.63) is 0 Å². The largest absolute Gasteiger partial charge is 0.481 e. The topological polar surface area (TPSA) is 78.9 Å². The van der Waals surface area contributed by atoms with Crippen LogP contribution in [-0.4, -0.2) is 53.8 Å². The number of carboxylic acid groups (broad SMARTS) is 1. The number of nitrogens with one attached hydrogen (secondary N) is 1. The molecule has 2 N–H and O–H groups in total. The first-order chi connectivity index (χ1) is 10.1. The molecule has 2 amide bonds. The van der Waals surface area contributed by atoms with Gasteiger partial charge in [-0.25, -0.2) is 4.79 Å². The van der Waals surface area contributed by atoms with Crippen LogP contribution in [0.5, 0.6) is 0 Å². The zero-order chi connectivity index (χ0) is 14.8. The predicted molar refractivity (Wildman–Crippen MR) is 76.0 cm³/mol. The van der Waals surface area contributed by atoms with E-state index in [0.717, 1.165) is 25.9 Å². The number of ether oxygens (including phenoxy) is 1. The molecule has 0 aromatic carbocycles. The number of carboxylic acids is 1. The predicted octanol–water partition coefficient (Wildman–Crippen LogP) is 1.45. The highest BCUT2D eigenvalue weighted by Gasteiger charge is 2.41. The van der Waals surface area contributed by atoms with Crippen LogP contribution >= 0.6 is 0 Å². The Bertz CT molecular complexity index is 402. The van der Waals surface area contributed by atoms with Crippen molar-refractivity contribution >= 4 is 12.0 Å². The molecule has 2 saturated heterocycles. The molecule has 2 aliphatic heterocycles. The van der Waals surface area contributed by atoms with Gasteiger partial charge in [0, 0.05) is 26.1 Å². The minimum Gasteiger partial charge on any atom is -0.481 e. The average molecular weight is 296 g/mol. The minimum atomic E-state index is -0.742. The second-order valence-corrected chi connectivity index (χ2v) is 6.55. The summed E-state index contributed by atoms with van der Waals surface area (Å²) in [5.41, 5.74) is 0. The van der Waals surface area contributed by atoms with E-state index in [9.17, 15) is 9.59 Å². The highest BCUT2D eigenvalue weighted by molar-refractivity contribution is 5.74. The molecule has 6 heteroatoms. The second-order valence-electron chi connectivity index (χ2n) is 6.55. The van der Waals surface area contributed by atoms with E-state index in [2.05, 4.69) is 5.32 Å². The van der Waals surface area contributed by atoms with Crippen molar-refractivity contribution in [1.29, 1.82) is 0 Å². The summed E-state index contributed by atoms with van der Waals surface area (Å²) < 4.78 is 5.74. The number of carbonyl (C=O) groups is 2. The zero-order valence-corrected chi connectivity index (χ0v) is 12.3. The first-order valence-corrected chi connectivity index (χ1v) is 8.02. The van der Waals surface area contributed by atoms with Crippen LogP contribution in [0, 0.1) is 11.8 Å². The number of likely N-dealkylation sites (tertiary alicyclic amines) is 1. The summed E-state index contributed by atoms with van der Waals surface area (Å²) in [6.45, 7) is 2.06. The molecule has 3 aliphatic rings. The third-order valence-electron chi connectivity index (χ3n) is 4.90. The van der Waals surface area contributed by atoms with Crippen LogP contribution in [0.15, 0.2) is 0 Å². The highest BCUT2D eigenvalue weighted by atomic mass is 16.5. The molecule has 3 fully saturated rings. The van der Waals surface area contributed by atoms with Crippen LogP contribution < -0.4 is 5.32 Å². The molecule has 0 bridgehead atoms. The van der Waals surface area contributed by atoms with Crippen molar-refractivity contribution in [2.75, 3.05) is 19.7 Å². The second kappa shape index (κ2) is 6.22. The van der Waals surface area contributed by atoms with Gasteiger partial charge in [-0.2, -0.15) is 0 Å². The van der Waals surface area contributed by atoms with Gasteiger partial charge >= 0.3 is 12.0 Å². The van der Waals surface area contributed by atoms with Crippen LogP contribution in [0.4, 0.5) is 4.79 Å². The first kappa shape index (κ1) is 14.6. The Hall–Kier alpha value is -1.30. The Morgan fingerprint density at radius 3 is 2.48 bits per heavy atom. The maximum atomic E-state index is 12.3. The molecule has 21 heavy (non-hydrogen) atoms. The van der Waals surface area contributed by atoms with E-state index in [1.807, 2.05) is 4.90 Å². The lowest BCUT2D eigenvalue weighted by atomic mass is 9.94. The molecule has 1 aliphatic carbocycles. The molecule has 2 atom stereocenters. The van der Waals surface area contributed by atoms with E-state index in [1.165, 1.54) is 12.8 Å². The van der Waals surface area contributed by atoms with Gasteiger partial charge in [-0.3, -0.25) is 4.79 Å². The van der Waals surface area contributed by atoms with Crippen molar-refractivity contribution in [3.63, 3.8) is 0 Å². The van der Waals surface area contributed by atoms with Gasteiger partial charge < -0.3 is 20.1 Å². The van der Waals surface area contributed by atoms with Crippen molar-refractivity contribution < 1.29 is 19.4 Å². The van der Waals surface area contributed by atoms with Crippen LogP contribution in [0.2, 0.25) is 0 Å². The number of nitrogens with zero attached hydrogens (tertiary/aromatic N) is 1. The number of rotatable bonds is 4. The molecule has 6 nitrogen and oxygen atoms in total. The maximum absolute atomic E-state index is 12.3. The average Bonchev–Trinajstić information content (AvgIpc) is 3.19. The highest BCUT2D eigenvalue weighted by Crippen LogP contribution is 2.38. The normalized spacial score (nSPS) is 30.4. The van der Waals surface area contributed by atoms with E-state index in [-0.39, 0.29) is 30.5 Å². The first-order valence-electron chi connectivity index (χ1n) is 8.02. The molecule has 118 valence electrons. The number of amides is 2. The van der Waals surface area contributed by atoms with Gasteiger partial charge in [0.05, 0.1) is 12.1 Å². The van der Waals surface area contributed by atoms with Crippen LogP contribution in [-0.2, 0) is 9.53 Å². The Labute approximate surface area is 124 Å². The van der Waals surface area contributed by atoms with E-state index in [1.54, 1.807) is 0 Å². The van der Waals surface area contributed by atoms with E-state index >= 15 is 0 Å². The number of carbonyl (C=O) groups excluding carboxylic acids is 1. The molecular weight excluding hydrogens is 272 g/mol. The van der Waals surface area contributed by atoms with Crippen molar-refractivity contribution in [2.24, 2.45) is 11.8 Å². The zero-order valence-electron chi connectivity index (χ0n) is 12.3. The number of aliphatic carboxylic acids is 1. The molecule has 0 spiro atoms. The molecule has 0 radical (unpaired) electrons. The van der Waals surface area contributed by atoms with Crippen LogP contribution in [0.1, 0.15) is 38.5 Å². The lowest BCUT2D eigenvalue weighted by Crippen LogP contribution is -2.50. The molecule has 2 heterocycles. The van der Waals surface area contributed by atoms with Gasteiger partial charge in [0.15, 0.2) is 0 Å². The van der Waals surface area contributed by atoms with Gasteiger partial charge in [0.25, 0.3) is 0 Å². The molecule has 2 unspecified atom stereocenters. The van der Waals surface area contributed by atoms with Gasteiger partial charge in [-0.05, 0) is 43.9 Å². The Morgan fingerprint density at radius 1 is 1.14 bits per heavy atom. The number of urea groups is 1. The summed E-state index contributed by atoms with van der Waals surface area (Å²) in [6, 6.07) is 0.145. The van der Waals surface area contributed by atoms with Gasteiger partial charge in [-0.15, -0.1) is 0 Å². The fourth-order valence-corrected chi connectivity index (χ4v) is 3.49. The molecule has 0 aromatic rings. The number of hydrogen-bond donors (Lipinski definition) is 2. The number of hydrogen-bond acceptors (Lipinski definition) is 3. The van der Waals surface area contributed by atoms with Crippen molar-refractivity contribution in [3.8, 4) is 0 Å². The van der Waals surface area contributed by atoms with Gasteiger partial charge in [-0.1, -0.05) is 0 Å². The molecular formula is C15H24N2O4. The van der Waals surface area contributed by atoms with Gasteiger partial charge in [0.1, 0.15) is 0 Å². The van der Waals surface area contributed by atoms with Crippen molar-refractivity contribution in [1.82, 2.24) is 10.2 Å². The SMILES string of the molecule is O=C(O)CC1CCN(C(=O)NC2CCOC2C2CC2)CC1. The summed E-state index contributed by atoms with van der Waals surface area (Å²) >= 11 is 0. The van der Waals surface area contributed by atoms with Crippen molar-refractivity contribution in [2.45, 2.75) is 50.7 Å². The third-order valence-corrected chi connectivity index (χ3v) is 4.90. The Balaban J connectivity index is 1.44. The lowest BCUT2D eigenvalue weighted by Gasteiger charge is -2.32. The summed E-state index contributed by atoms with van der Waals surface area (Å²) in [4.78, 5) is 24.8. The smallest absolute Gasteiger partial charge is 0.317 e. The standard InChI is InChI=1S/C15H24N2O4/c18-13(19)9-10-3-6-17(7-4-10)15(20)16-12-5-8-21-14(12)11-1-2-11/h10-12,14H,1-9H2,(H,16,20)(H,18,19). The Morgan fingerprint density at radius 2 is 1.86 bits per heavy atom. The summed E-state index contributed by atoms with van der Waals surface area (Å²) in [6.07, 6.45) is 5.34. The van der Waals surface area contributed by atoms with Gasteiger partial charge in [0.2, 0.25) is 0 Å². The van der Waals surface area contributed by atoms with E-state index in [4.69, 9.17) is 9.84 Å². The quantitative estimate of drug-likeness (QED) is 0.823. The van der Waals surface area contributed by atoms with E-state index in [0.29, 0.717) is 19.0 Å². The fraction of sp³-hybridized carbons (Fsp3) is 0.867. The van der Waals surface area contributed by atoms with Crippen LogP contribution in [0.25, 0.3) is 0 Å². The maximum Gasteiger partial charge on any atom is 0.317 e. The minimum absolute atomic E-state index is 0.00933. The van der Waals surface area contributed by atoms with E-state index < -0.39 is 5.97 Å². The summed E-state index contributed by atoms with van der Waals surface area (Å²) in [7, 11) is 0.